The fourth-order valence-corrected chi connectivity index (χ4v) is 3.04. The van der Waals surface area contributed by atoms with Crippen molar-refractivity contribution in [3.63, 3.8) is 0 Å². The summed E-state index contributed by atoms with van der Waals surface area (Å²) >= 11 is 1.38. The zero-order valence-electron chi connectivity index (χ0n) is 15.3. The summed E-state index contributed by atoms with van der Waals surface area (Å²) in [5, 5.41) is 5.23. The molecule has 0 unspecified atom stereocenters. The number of methoxy groups -OCH3 is 2. The predicted octanol–water partition coefficient (Wildman–Crippen LogP) is 4.30. The molecule has 27 heavy (non-hydrogen) atoms. The summed E-state index contributed by atoms with van der Waals surface area (Å²) in [7, 11) is 3.11. The predicted molar refractivity (Wildman–Crippen MR) is 105 cm³/mol. The van der Waals surface area contributed by atoms with E-state index in [1.165, 1.54) is 16.9 Å². The number of anilines is 1. The molecule has 0 aliphatic carbocycles. The Morgan fingerprint density at radius 2 is 1.81 bits per heavy atom. The van der Waals surface area contributed by atoms with Crippen LogP contribution in [0.25, 0.3) is 0 Å². The van der Waals surface area contributed by atoms with Crippen LogP contribution in [0.3, 0.4) is 0 Å². The fourth-order valence-electron chi connectivity index (χ4n) is 2.36. The summed E-state index contributed by atoms with van der Waals surface area (Å²) in [4.78, 5) is 16.8. The summed E-state index contributed by atoms with van der Waals surface area (Å²) in [6.45, 7) is 2.33. The van der Waals surface area contributed by atoms with Crippen molar-refractivity contribution in [2.24, 2.45) is 0 Å². The molecule has 0 fully saturated rings. The summed E-state index contributed by atoms with van der Waals surface area (Å²) in [6, 6.07) is 13.0. The Kier molecular flexibility index (Phi) is 5.93. The maximum absolute atomic E-state index is 12.5. The van der Waals surface area contributed by atoms with Gasteiger partial charge < -0.3 is 19.5 Å². The molecular weight excluding hydrogens is 364 g/mol. The maximum atomic E-state index is 12.5. The van der Waals surface area contributed by atoms with Gasteiger partial charge in [0.05, 0.1) is 19.9 Å². The van der Waals surface area contributed by atoms with Gasteiger partial charge >= 0.3 is 0 Å². The molecule has 7 heteroatoms. The van der Waals surface area contributed by atoms with Crippen molar-refractivity contribution in [1.82, 2.24) is 4.98 Å². The molecule has 1 amide bonds. The highest BCUT2D eigenvalue weighted by Crippen LogP contribution is 2.29. The van der Waals surface area contributed by atoms with Gasteiger partial charge in [0.2, 0.25) is 0 Å². The van der Waals surface area contributed by atoms with Crippen molar-refractivity contribution < 1.29 is 19.0 Å². The Bertz CT molecular complexity index is 922. The number of nitrogens with one attached hydrogen (secondary N) is 1. The van der Waals surface area contributed by atoms with Crippen LogP contribution in [0.1, 0.15) is 21.1 Å². The van der Waals surface area contributed by atoms with Gasteiger partial charge in [-0.1, -0.05) is 17.7 Å². The van der Waals surface area contributed by atoms with Gasteiger partial charge in [-0.2, -0.15) is 0 Å². The molecule has 2 aromatic carbocycles. The number of aryl methyl sites for hydroxylation is 1. The second-order valence-corrected chi connectivity index (χ2v) is 6.69. The van der Waals surface area contributed by atoms with E-state index in [9.17, 15) is 4.79 Å². The molecule has 0 saturated heterocycles. The van der Waals surface area contributed by atoms with Crippen molar-refractivity contribution in [3.8, 4) is 17.2 Å². The number of ether oxygens (including phenoxy) is 3. The number of amides is 1. The van der Waals surface area contributed by atoms with E-state index in [0.29, 0.717) is 29.5 Å². The van der Waals surface area contributed by atoms with Crippen LogP contribution in [0.2, 0.25) is 0 Å². The smallest absolute Gasteiger partial charge is 0.275 e. The summed E-state index contributed by atoms with van der Waals surface area (Å²) in [5.41, 5.74) is 2.02. The van der Waals surface area contributed by atoms with Crippen LogP contribution >= 0.6 is 11.3 Å². The van der Waals surface area contributed by atoms with Gasteiger partial charge in [-0.3, -0.25) is 4.79 Å². The Balaban J connectivity index is 1.65. The quantitative estimate of drug-likeness (QED) is 0.658. The zero-order chi connectivity index (χ0) is 19.2. The Hall–Kier alpha value is -3.06. The molecular formula is C20H20N2O4S. The zero-order valence-corrected chi connectivity index (χ0v) is 16.1. The van der Waals surface area contributed by atoms with Crippen molar-refractivity contribution >= 4 is 22.9 Å². The molecule has 1 aromatic heterocycles. The Morgan fingerprint density at radius 1 is 1.07 bits per heavy atom. The van der Waals surface area contributed by atoms with Crippen LogP contribution in [0.15, 0.2) is 47.8 Å². The molecule has 0 bridgehead atoms. The molecule has 0 atom stereocenters. The third-order valence-electron chi connectivity index (χ3n) is 3.82. The third-order valence-corrected chi connectivity index (χ3v) is 4.64. The van der Waals surface area contributed by atoms with Crippen molar-refractivity contribution in [1.29, 1.82) is 0 Å². The first-order valence-corrected chi connectivity index (χ1v) is 9.14. The number of nitrogens with zero attached hydrogens (tertiary/aromatic N) is 1. The van der Waals surface area contributed by atoms with Gasteiger partial charge in [0.1, 0.15) is 34.6 Å². The highest BCUT2D eigenvalue weighted by atomic mass is 32.1. The average Bonchev–Trinajstić information content (AvgIpc) is 3.16. The van der Waals surface area contributed by atoms with E-state index in [0.717, 1.165) is 10.8 Å². The molecule has 3 aromatic rings. The Morgan fingerprint density at radius 3 is 2.52 bits per heavy atom. The van der Waals surface area contributed by atoms with E-state index >= 15 is 0 Å². The number of rotatable bonds is 7. The van der Waals surface area contributed by atoms with Crippen LogP contribution in [0.5, 0.6) is 17.2 Å². The van der Waals surface area contributed by atoms with Crippen LogP contribution in [-0.2, 0) is 6.61 Å². The second-order valence-electron chi connectivity index (χ2n) is 5.75. The normalized spacial score (nSPS) is 10.3. The molecule has 3 rings (SSSR count). The summed E-state index contributed by atoms with van der Waals surface area (Å²) < 4.78 is 16.2. The first-order valence-electron chi connectivity index (χ1n) is 8.26. The number of hydrogen-bond acceptors (Lipinski definition) is 6. The molecule has 1 N–H and O–H groups in total. The molecule has 0 radical (unpaired) electrons. The summed E-state index contributed by atoms with van der Waals surface area (Å²) in [6.07, 6.45) is 0. The average molecular weight is 384 g/mol. The van der Waals surface area contributed by atoms with E-state index < -0.39 is 0 Å². The number of benzene rings is 2. The van der Waals surface area contributed by atoms with Crippen LogP contribution in [0, 0.1) is 6.92 Å². The molecule has 1 heterocycles. The number of aromatic nitrogens is 1. The minimum Gasteiger partial charge on any atom is -0.497 e. The second kappa shape index (κ2) is 8.55. The lowest BCUT2D eigenvalue weighted by Crippen LogP contribution is -2.13. The maximum Gasteiger partial charge on any atom is 0.275 e. The molecule has 0 aliphatic rings. The minimum absolute atomic E-state index is 0.309. The van der Waals surface area contributed by atoms with Gasteiger partial charge in [-0.25, -0.2) is 4.98 Å². The topological polar surface area (TPSA) is 69.7 Å². The van der Waals surface area contributed by atoms with Gasteiger partial charge in [-0.15, -0.1) is 11.3 Å². The number of thiazole rings is 1. The lowest BCUT2D eigenvalue weighted by molar-refractivity contribution is 0.102. The number of carbonyl (C=O) groups is 1. The summed E-state index contributed by atoms with van der Waals surface area (Å²) in [5.74, 6) is 1.61. The molecule has 140 valence electrons. The van der Waals surface area contributed by atoms with Crippen LogP contribution in [0.4, 0.5) is 5.69 Å². The first kappa shape index (κ1) is 18.7. The highest BCUT2D eigenvalue weighted by molar-refractivity contribution is 7.09. The van der Waals surface area contributed by atoms with E-state index in [1.807, 2.05) is 31.2 Å². The van der Waals surface area contributed by atoms with Crippen molar-refractivity contribution in [3.05, 3.63) is 64.1 Å². The monoisotopic (exact) mass is 384 g/mol. The fraction of sp³-hybridized carbons (Fsp3) is 0.200. The number of carbonyl (C=O) groups excluding carboxylic acids is 1. The SMILES string of the molecule is COc1ccc(OC)c(NC(=O)c2csc(COc3ccc(C)cc3)n2)c1. The van der Waals surface area contributed by atoms with Gasteiger partial charge in [0, 0.05) is 11.4 Å². The lowest BCUT2D eigenvalue weighted by atomic mass is 10.2. The van der Waals surface area contributed by atoms with Gasteiger partial charge in [0.15, 0.2) is 0 Å². The van der Waals surface area contributed by atoms with E-state index in [2.05, 4.69) is 10.3 Å². The van der Waals surface area contributed by atoms with E-state index in [1.54, 1.807) is 37.8 Å². The minimum atomic E-state index is -0.320. The lowest BCUT2D eigenvalue weighted by Gasteiger charge is -2.10. The van der Waals surface area contributed by atoms with Crippen molar-refractivity contribution in [2.45, 2.75) is 13.5 Å². The third kappa shape index (κ3) is 4.77. The molecule has 0 spiro atoms. The molecule has 0 saturated carbocycles. The first-order chi connectivity index (χ1) is 13.1. The molecule has 0 aliphatic heterocycles. The van der Waals surface area contributed by atoms with Crippen LogP contribution < -0.4 is 19.5 Å². The van der Waals surface area contributed by atoms with E-state index in [-0.39, 0.29) is 5.91 Å². The van der Waals surface area contributed by atoms with E-state index in [4.69, 9.17) is 14.2 Å². The standard InChI is InChI=1S/C20H20N2O4S/c1-13-4-6-14(7-5-13)26-11-19-21-17(12-27-19)20(23)22-16-10-15(24-2)8-9-18(16)25-3/h4-10,12H,11H2,1-3H3,(H,22,23). The Labute approximate surface area is 161 Å². The van der Waals surface area contributed by atoms with Gasteiger partial charge in [-0.05, 0) is 31.2 Å². The highest BCUT2D eigenvalue weighted by Gasteiger charge is 2.14. The largest absolute Gasteiger partial charge is 0.497 e. The van der Waals surface area contributed by atoms with Gasteiger partial charge in [0.25, 0.3) is 5.91 Å². The molecule has 6 nitrogen and oxygen atoms in total. The van der Waals surface area contributed by atoms with Crippen molar-refractivity contribution in [2.75, 3.05) is 19.5 Å². The van der Waals surface area contributed by atoms with Crippen LogP contribution in [-0.4, -0.2) is 25.1 Å². The number of hydrogen-bond donors (Lipinski definition) is 1.